The quantitative estimate of drug-likeness (QED) is 0.535. The minimum Gasteiger partial charge on any atom is -0.370 e. The van der Waals surface area contributed by atoms with Crippen LogP contribution in [0.15, 0.2) is 30.3 Å². The molecule has 1 atom stereocenters. The number of H-pyrrole nitrogens is 1. The Bertz CT molecular complexity index is 1020. The van der Waals surface area contributed by atoms with E-state index in [4.69, 9.17) is 28.9 Å². The molecule has 1 aliphatic heterocycles. The molecule has 1 aliphatic rings. The lowest BCUT2D eigenvalue weighted by Gasteiger charge is -2.21. The predicted molar refractivity (Wildman–Crippen MR) is 123 cm³/mol. The van der Waals surface area contributed by atoms with Gasteiger partial charge in [-0.15, -0.1) is 0 Å². The van der Waals surface area contributed by atoms with E-state index in [1.54, 1.807) is 0 Å². The Balaban J connectivity index is 1.58. The number of imidazole rings is 1. The van der Waals surface area contributed by atoms with Crippen molar-refractivity contribution in [1.82, 2.24) is 14.9 Å². The molecule has 8 heteroatoms. The third-order valence-corrected chi connectivity index (χ3v) is 5.95. The first-order chi connectivity index (χ1) is 13.9. The van der Waals surface area contributed by atoms with Crippen molar-refractivity contribution in [3.8, 4) is 0 Å². The molecule has 3 aromatic rings. The Labute approximate surface area is 181 Å². The van der Waals surface area contributed by atoms with Gasteiger partial charge in [0.1, 0.15) is 0 Å². The largest absolute Gasteiger partial charge is 0.370 e. The molecule has 0 spiro atoms. The molecule has 29 heavy (non-hydrogen) atoms. The van der Waals surface area contributed by atoms with E-state index in [-0.39, 0.29) is 0 Å². The van der Waals surface area contributed by atoms with Crippen molar-refractivity contribution in [1.29, 1.82) is 0 Å². The lowest BCUT2D eigenvalue weighted by molar-refractivity contribution is 0.340. The summed E-state index contributed by atoms with van der Waals surface area (Å²) < 4.78 is 0. The minimum atomic E-state index is 0.454. The molecule has 0 radical (unpaired) electrons. The molecule has 0 bridgehead atoms. The zero-order chi connectivity index (χ0) is 20.5. The zero-order valence-corrected chi connectivity index (χ0v) is 18.2. The number of fused-ring (bicyclic) bond motifs is 1. The molecule has 1 fully saturated rings. The van der Waals surface area contributed by atoms with Gasteiger partial charge in [0, 0.05) is 26.2 Å². The lowest BCUT2D eigenvalue weighted by Crippen LogP contribution is -2.25. The van der Waals surface area contributed by atoms with E-state index in [0.29, 0.717) is 23.4 Å². The summed E-state index contributed by atoms with van der Waals surface area (Å²) >= 11 is 12.9. The number of nitrogens with zero attached hydrogens (tertiary/aromatic N) is 3. The van der Waals surface area contributed by atoms with Crippen LogP contribution in [0.1, 0.15) is 12.0 Å². The van der Waals surface area contributed by atoms with E-state index >= 15 is 0 Å². The summed E-state index contributed by atoms with van der Waals surface area (Å²) in [5.41, 5.74) is 10.3. The SMILES string of the molecule is CN(C)CC1CCN(c2cc3[nH]c(Nc4cc(CN)ccc4Cl)nc3cc2Cl)C1. The number of aromatic amines is 1. The summed E-state index contributed by atoms with van der Waals surface area (Å²) in [6.07, 6.45) is 1.18. The van der Waals surface area contributed by atoms with Crippen molar-refractivity contribution in [3.05, 3.63) is 45.9 Å². The van der Waals surface area contributed by atoms with E-state index in [1.165, 1.54) is 6.42 Å². The Hall–Kier alpha value is -1.99. The van der Waals surface area contributed by atoms with E-state index in [1.807, 2.05) is 24.3 Å². The number of nitrogens with one attached hydrogen (secondary N) is 2. The summed E-state index contributed by atoms with van der Waals surface area (Å²) in [6, 6.07) is 9.69. The highest BCUT2D eigenvalue weighted by atomic mass is 35.5. The molecule has 4 rings (SSSR count). The summed E-state index contributed by atoms with van der Waals surface area (Å²) in [6.45, 7) is 3.58. The van der Waals surface area contributed by atoms with E-state index in [2.05, 4.69) is 45.2 Å². The van der Waals surface area contributed by atoms with E-state index in [9.17, 15) is 0 Å². The summed E-state index contributed by atoms with van der Waals surface area (Å²) in [5.74, 6) is 1.28. The summed E-state index contributed by atoms with van der Waals surface area (Å²) in [5, 5.41) is 4.60. The number of anilines is 3. The van der Waals surface area contributed by atoms with Crippen LogP contribution in [0.5, 0.6) is 0 Å². The standard InChI is InChI=1S/C21H26Cl2N6/c1-28(2)11-14-5-6-29(12-14)20-9-19-18(8-16(20)23)26-21(27-19)25-17-7-13(10-24)3-4-15(17)22/h3-4,7-9,14H,5-6,10-12,24H2,1-2H3,(H2,25,26,27). The second kappa shape index (κ2) is 8.40. The summed E-state index contributed by atoms with van der Waals surface area (Å²) in [4.78, 5) is 12.6. The maximum Gasteiger partial charge on any atom is 0.205 e. The van der Waals surface area contributed by atoms with Crippen LogP contribution in [-0.4, -0.2) is 48.6 Å². The minimum absolute atomic E-state index is 0.454. The van der Waals surface area contributed by atoms with Gasteiger partial charge in [-0.1, -0.05) is 29.3 Å². The smallest absolute Gasteiger partial charge is 0.205 e. The van der Waals surface area contributed by atoms with Crippen molar-refractivity contribution in [2.75, 3.05) is 43.9 Å². The second-order valence-electron chi connectivity index (χ2n) is 7.91. The number of rotatable bonds is 6. The number of hydrogen-bond donors (Lipinski definition) is 3. The zero-order valence-electron chi connectivity index (χ0n) is 16.7. The van der Waals surface area contributed by atoms with Gasteiger partial charge in [-0.25, -0.2) is 4.98 Å². The number of hydrogen-bond acceptors (Lipinski definition) is 5. The molecular weight excluding hydrogens is 407 g/mol. The number of nitrogens with two attached hydrogens (primary N) is 1. The molecule has 0 aliphatic carbocycles. The Morgan fingerprint density at radius 3 is 2.83 bits per heavy atom. The number of aromatic nitrogens is 2. The highest BCUT2D eigenvalue weighted by Crippen LogP contribution is 2.35. The second-order valence-corrected chi connectivity index (χ2v) is 8.73. The molecule has 154 valence electrons. The van der Waals surface area contributed by atoms with Crippen LogP contribution in [-0.2, 0) is 6.54 Å². The molecular formula is C21H26Cl2N6. The van der Waals surface area contributed by atoms with Gasteiger partial charge in [-0.05, 0) is 56.3 Å². The van der Waals surface area contributed by atoms with Gasteiger partial charge < -0.3 is 25.8 Å². The fourth-order valence-electron chi connectivity index (χ4n) is 3.96. The van der Waals surface area contributed by atoms with Crippen LogP contribution in [0.2, 0.25) is 10.0 Å². The fraction of sp³-hybridized carbons (Fsp3) is 0.381. The monoisotopic (exact) mass is 432 g/mol. The van der Waals surface area contributed by atoms with Gasteiger partial charge in [0.25, 0.3) is 0 Å². The first kappa shape index (κ1) is 20.3. The molecule has 0 saturated carbocycles. The molecule has 1 aromatic heterocycles. The highest BCUT2D eigenvalue weighted by Gasteiger charge is 2.25. The third-order valence-electron chi connectivity index (χ3n) is 5.32. The van der Waals surface area contributed by atoms with Gasteiger partial charge in [-0.2, -0.15) is 0 Å². The van der Waals surface area contributed by atoms with Gasteiger partial charge in [0.2, 0.25) is 5.95 Å². The maximum absolute atomic E-state index is 6.61. The van der Waals surface area contributed by atoms with Crippen LogP contribution in [0.3, 0.4) is 0 Å². The normalized spacial score (nSPS) is 16.9. The molecule has 6 nitrogen and oxygen atoms in total. The van der Waals surface area contributed by atoms with Crippen LogP contribution in [0, 0.1) is 5.92 Å². The lowest BCUT2D eigenvalue weighted by atomic mass is 10.1. The fourth-order valence-corrected chi connectivity index (χ4v) is 4.40. The Kier molecular flexibility index (Phi) is 5.88. The molecule has 1 unspecified atom stereocenters. The van der Waals surface area contributed by atoms with Crippen molar-refractivity contribution < 1.29 is 0 Å². The van der Waals surface area contributed by atoms with Crippen LogP contribution in [0.4, 0.5) is 17.3 Å². The predicted octanol–water partition coefficient (Wildman–Crippen LogP) is 4.46. The van der Waals surface area contributed by atoms with Crippen LogP contribution < -0.4 is 16.0 Å². The van der Waals surface area contributed by atoms with Gasteiger partial charge in [0.15, 0.2) is 0 Å². The number of halogens is 2. The molecule has 0 amide bonds. The molecule has 4 N–H and O–H groups in total. The van der Waals surface area contributed by atoms with Crippen LogP contribution >= 0.6 is 23.2 Å². The summed E-state index contributed by atoms with van der Waals surface area (Å²) in [7, 11) is 4.24. The molecule has 1 saturated heterocycles. The van der Waals surface area contributed by atoms with Gasteiger partial charge in [0.05, 0.1) is 32.5 Å². The Morgan fingerprint density at radius 2 is 2.07 bits per heavy atom. The molecule has 2 aromatic carbocycles. The van der Waals surface area contributed by atoms with Gasteiger partial charge in [-0.3, -0.25) is 0 Å². The van der Waals surface area contributed by atoms with Crippen LogP contribution in [0.25, 0.3) is 11.0 Å². The van der Waals surface area contributed by atoms with Crippen molar-refractivity contribution >= 4 is 51.6 Å². The first-order valence-electron chi connectivity index (χ1n) is 9.77. The average Bonchev–Trinajstić information content (AvgIpc) is 3.28. The topological polar surface area (TPSA) is 73.2 Å². The number of benzene rings is 2. The van der Waals surface area contributed by atoms with Crippen molar-refractivity contribution in [2.24, 2.45) is 11.7 Å². The van der Waals surface area contributed by atoms with Crippen molar-refractivity contribution in [2.45, 2.75) is 13.0 Å². The maximum atomic E-state index is 6.61. The Morgan fingerprint density at radius 1 is 1.24 bits per heavy atom. The van der Waals surface area contributed by atoms with E-state index < -0.39 is 0 Å². The average molecular weight is 433 g/mol. The van der Waals surface area contributed by atoms with Gasteiger partial charge >= 0.3 is 0 Å². The first-order valence-corrected chi connectivity index (χ1v) is 10.5. The molecule has 2 heterocycles. The third kappa shape index (κ3) is 4.46. The van der Waals surface area contributed by atoms with E-state index in [0.717, 1.165) is 52.6 Å². The van der Waals surface area contributed by atoms with Crippen molar-refractivity contribution in [3.63, 3.8) is 0 Å². The highest BCUT2D eigenvalue weighted by molar-refractivity contribution is 6.34.